The summed E-state index contributed by atoms with van der Waals surface area (Å²) in [6, 6.07) is 10.2. The molecule has 32 heavy (non-hydrogen) atoms. The summed E-state index contributed by atoms with van der Waals surface area (Å²) < 4.78 is 5.21. The lowest BCUT2D eigenvalue weighted by Crippen LogP contribution is -2.52. The Morgan fingerprint density at radius 1 is 1.19 bits per heavy atom. The zero-order valence-electron chi connectivity index (χ0n) is 18.4. The Morgan fingerprint density at radius 2 is 1.97 bits per heavy atom. The van der Waals surface area contributed by atoms with E-state index in [1.807, 2.05) is 36.4 Å². The highest BCUT2D eigenvalue weighted by atomic mass is 16.5. The van der Waals surface area contributed by atoms with Crippen LogP contribution in [0.15, 0.2) is 42.5 Å². The van der Waals surface area contributed by atoms with Crippen molar-refractivity contribution in [1.29, 1.82) is 0 Å². The molecule has 4 rings (SSSR count). The molecule has 1 aromatic carbocycles. The third kappa shape index (κ3) is 4.75. The van der Waals surface area contributed by atoms with E-state index in [0.717, 1.165) is 47.4 Å². The van der Waals surface area contributed by atoms with Crippen LogP contribution in [0.1, 0.15) is 42.6 Å². The van der Waals surface area contributed by atoms with Crippen LogP contribution in [0.4, 0.5) is 5.82 Å². The molecule has 0 fully saturated rings. The van der Waals surface area contributed by atoms with E-state index in [4.69, 9.17) is 10.5 Å². The van der Waals surface area contributed by atoms with Crippen LogP contribution in [0.2, 0.25) is 0 Å². The molecule has 0 spiro atoms. The highest BCUT2D eigenvalue weighted by molar-refractivity contribution is 5.92. The third-order valence-corrected chi connectivity index (χ3v) is 6.01. The van der Waals surface area contributed by atoms with Crippen molar-refractivity contribution in [2.45, 2.75) is 44.3 Å². The second kappa shape index (κ2) is 9.40. The topological polar surface area (TPSA) is 118 Å². The smallest absolute Gasteiger partial charge is 0.242 e. The lowest BCUT2D eigenvalue weighted by atomic mass is 9.96. The number of aromatic nitrogens is 1. The number of benzene rings is 1. The van der Waals surface area contributed by atoms with Gasteiger partial charge in [-0.2, -0.15) is 0 Å². The van der Waals surface area contributed by atoms with E-state index in [9.17, 15) is 9.59 Å². The normalized spacial score (nSPS) is 20.6. The van der Waals surface area contributed by atoms with Crippen LogP contribution in [-0.4, -0.2) is 42.5 Å². The minimum absolute atomic E-state index is 0.112. The lowest BCUT2D eigenvalue weighted by Gasteiger charge is -2.25. The number of ether oxygens (including phenoxy) is 1. The molecule has 0 unspecified atom stereocenters. The molecule has 1 aliphatic heterocycles. The monoisotopic (exact) mass is 435 g/mol. The molecule has 2 amide bonds. The van der Waals surface area contributed by atoms with Crippen molar-refractivity contribution >= 4 is 23.2 Å². The van der Waals surface area contributed by atoms with Crippen LogP contribution in [0, 0.1) is 0 Å². The summed E-state index contributed by atoms with van der Waals surface area (Å²) in [6.07, 6.45) is 4.30. The number of carbonyl (C=O) groups is 2. The lowest BCUT2D eigenvalue weighted by molar-refractivity contribution is -0.129. The van der Waals surface area contributed by atoms with Gasteiger partial charge >= 0.3 is 0 Å². The van der Waals surface area contributed by atoms with Crippen LogP contribution in [-0.2, 0) is 16.0 Å². The number of amides is 2. The van der Waals surface area contributed by atoms with Crippen molar-refractivity contribution < 1.29 is 14.3 Å². The van der Waals surface area contributed by atoms with E-state index in [2.05, 4.69) is 20.9 Å². The Kier molecular flexibility index (Phi) is 6.41. The van der Waals surface area contributed by atoms with Gasteiger partial charge in [-0.15, -0.1) is 0 Å². The molecule has 1 aliphatic carbocycles. The number of nitrogens with zero attached hydrogens (tertiary/aromatic N) is 1. The standard InChI is InChI=1S/C24H29N5O3/c1-14(23(30)29-20-9-8-19-18(20)7-10-22(25)28-19)27-24(31)21-13-16(11-12-26-21)15-3-5-17(32-2)6-4-15/h3-7,10,13-14,20-21,26H,8-9,11-12H2,1-2H3,(H2,25,28)(H,27,31)(H,29,30)/t14-,20+,21-/m0/s1. The Hall–Kier alpha value is -3.39. The SMILES string of the molecule is COc1ccc(C2=C[C@@H](C(=O)N[C@@H](C)C(=O)N[C@@H]3CCc4nc(N)ccc43)NCC2)cc1. The molecule has 0 radical (unpaired) electrons. The Morgan fingerprint density at radius 3 is 2.72 bits per heavy atom. The zero-order valence-corrected chi connectivity index (χ0v) is 18.4. The van der Waals surface area contributed by atoms with Crippen LogP contribution >= 0.6 is 0 Å². The Labute approximate surface area is 187 Å². The van der Waals surface area contributed by atoms with Gasteiger partial charge in [0.15, 0.2) is 0 Å². The van der Waals surface area contributed by atoms with Gasteiger partial charge in [-0.1, -0.05) is 24.3 Å². The van der Waals surface area contributed by atoms with Crippen LogP contribution < -0.4 is 26.4 Å². The first-order valence-electron chi connectivity index (χ1n) is 10.9. The largest absolute Gasteiger partial charge is 0.497 e. The van der Waals surface area contributed by atoms with E-state index in [1.54, 1.807) is 20.1 Å². The maximum absolute atomic E-state index is 12.8. The molecule has 3 atom stereocenters. The molecule has 0 saturated carbocycles. The molecule has 0 bridgehead atoms. The number of nitrogens with one attached hydrogen (secondary N) is 3. The minimum Gasteiger partial charge on any atom is -0.497 e. The van der Waals surface area contributed by atoms with E-state index in [0.29, 0.717) is 12.4 Å². The van der Waals surface area contributed by atoms with Gasteiger partial charge in [0.05, 0.1) is 13.2 Å². The quantitative estimate of drug-likeness (QED) is 0.549. The van der Waals surface area contributed by atoms with Gasteiger partial charge in [-0.05, 0) is 61.1 Å². The number of methoxy groups -OCH3 is 1. The van der Waals surface area contributed by atoms with E-state index < -0.39 is 12.1 Å². The first kappa shape index (κ1) is 21.8. The summed E-state index contributed by atoms with van der Waals surface area (Å²) in [5.74, 6) is 0.836. The van der Waals surface area contributed by atoms with Gasteiger partial charge in [0.1, 0.15) is 23.7 Å². The molecule has 0 saturated heterocycles. The predicted molar refractivity (Wildman–Crippen MR) is 123 cm³/mol. The summed E-state index contributed by atoms with van der Waals surface area (Å²) in [4.78, 5) is 29.9. The van der Waals surface area contributed by atoms with Crippen molar-refractivity contribution in [2.75, 3.05) is 19.4 Å². The van der Waals surface area contributed by atoms with Crippen molar-refractivity contribution in [1.82, 2.24) is 20.9 Å². The third-order valence-electron chi connectivity index (χ3n) is 6.01. The first-order valence-corrected chi connectivity index (χ1v) is 10.9. The van der Waals surface area contributed by atoms with Crippen molar-refractivity contribution in [3.63, 3.8) is 0 Å². The van der Waals surface area contributed by atoms with E-state index in [1.165, 1.54) is 0 Å². The van der Waals surface area contributed by atoms with Crippen molar-refractivity contribution in [3.8, 4) is 5.75 Å². The number of aryl methyl sites for hydroxylation is 1. The maximum Gasteiger partial charge on any atom is 0.242 e. The molecular formula is C24H29N5O3. The highest BCUT2D eigenvalue weighted by Gasteiger charge is 2.28. The molecule has 2 aliphatic rings. The molecule has 168 valence electrons. The van der Waals surface area contributed by atoms with Gasteiger partial charge in [0.2, 0.25) is 11.8 Å². The summed E-state index contributed by atoms with van der Waals surface area (Å²) in [5.41, 5.74) is 9.82. The number of carbonyl (C=O) groups excluding carboxylic acids is 2. The summed E-state index contributed by atoms with van der Waals surface area (Å²) >= 11 is 0. The number of pyridine rings is 1. The predicted octanol–water partition coefficient (Wildman–Crippen LogP) is 1.73. The molecule has 1 aromatic heterocycles. The van der Waals surface area contributed by atoms with Crippen LogP contribution in [0.5, 0.6) is 5.75 Å². The Bertz CT molecular complexity index is 1030. The molecule has 2 aromatic rings. The van der Waals surface area contributed by atoms with E-state index >= 15 is 0 Å². The molecule has 8 heteroatoms. The number of hydrogen-bond donors (Lipinski definition) is 4. The average Bonchev–Trinajstić information content (AvgIpc) is 3.20. The van der Waals surface area contributed by atoms with Gasteiger partial charge in [-0.3, -0.25) is 9.59 Å². The molecule has 2 heterocycles. The van der Waals surface area contributed by atoms with Crippen molar-refractivity contribution in [3.05, 3.63) is 59.3 Å². The number of fused-ring (bicyclic) bond motifs is 1. The average molecular weight is 436 g/mol. The summed E-state index contributed by atoms with van der Waals surface area (Å²) in [6.45, 7) is 2.38. The maximum atomic E-state index is 12.8. The second-order valence-electron chi connectivity index (χ2n) is 8.20. The van der Waals surface area contributed by atoms with Crippen LogP contribution in [0.3, 0.4) is 0 Å². The number of hydrogen-bond acceptors (Lipinski definition) is 6. The fraction of sp³-hybridized carbons (Fsp3) is 0.375. The number of rotatable bonds is 6. The highest BCUT2D eigenvalue weighted by Crippen LogP contribution is 2.30. The van der Waals surface area contributed by atoms with Gasteiger partial charge in [0.25, 0.3) is 0 Å². The fourth-order valence-electron chi connectivity index (χ4n) is 4.22. The van der Waals surface area contributed by atoms with E-state index in [-0.39, 0.29) is 17.9 Å². The number of nitrogen functional groups attached to an aromatic ring is 1. The van der Waals surface area contributed by atoms with Crippen molar-refractivity contribution in [2.24, 2.45) is 0 Å². The fourth-order valence-corrected chi connectivity index (χ4v) is 4.22. The zero-order chi connectivity index (χ0) is 22.7. The second-order valence-corrected chi connectivity index (χ2v) is 8.20. The van der Waals surface area contributed by atoms with Gasteiger partial charge in [-0.25, -0.2) is 4.98 Å². The molecule has 8 nitrogen and oxygen atoms in total. The first-order chi connectivity index (χ1) is 15.4. The summed E-state index contributed by atoms with van der Waals surface area (Å²) in [7, 11) is 1.63. The number of nitrogens with two attached hydrogens (primary N) is 1. The number of anilines is 1. The minimum atomic E-state index is -0.658. The Balaban J connectivity index is 1.36. The van der Waals surface area contributed by atoms with Gasteiger partial charge in [0, 0.05) is 12.2 Å². The van der Waals surface area contributed by atoms with Crippen LogP contribution in [0.25, 0.3) is 5.57 Å². The molecular weight excluding hydrogens is 406 g/mol. The summed E-state index contributed by atoms with van der Waals surface area (Å²) in [5, 5.41) is 9.07. The van der Waals surface area contributed by atoms with Gasteiger partial charge < -0.3 is 26.4 Å². The molecule has 5 N–H and O–H groups in total.